The van der Waals surface area contributed by atoms with Crippen molar-refractivity contribution in [2.45, 2.75) is 84.8 Å². The highest BCUT2D eigenvalue weighted by atomic mass is 32.1. The summed E-state index contributed by atoms with van der Waals surface area (Å²) in [6, 6.07) is 8.35. The smallest absolute Gasteiger partial charge is 0.242 e. The maximum absolute atomic E-state index is 13.5. The average Bonchev–Trinajstić information content (AvgIpc) is 3.48. The van der Waals surface area contributed by atoms with Crippen LogP contribution < -0.4 is 0 Å². The first kappa shape index (κ1) is 25.4. The molecule has 4 nitrogen and oxygen atoms in total. The van der Waals surface area contributed by atoms with Gasteiger partial charge in [0, 0.05) is 23.9 Å². The van der Waals surface area contributed by atoms with Crippen LogP contribution in [0.5, 0.6) is 0 Å². The van der Waals surface area contributed by atoms with Gasteiger partial charge in [-0.1, -0.05) is 44.7 Å². The second-order valence-corrected chi connectivity index (χ2v) is 10.4. The second kappa shape index (κ2) is 12.3. The van der Waals surface area contributed by atoms with Crippen molar-refractivity contribution in [1.82, 2.24) is 9.80 Å². The van der Waals surface area contributed by atoms with E-state index >= 15 is 0 Å². The summed E-state index contributed by atoms with van der Waals surface area (Å²) in [4.78, 5) is 31.4. The van der Waals surface area contributed by atoms with Crippen molar-refractivity contribution in [3.8, 4) is 0 Å². The van der Waals surface area contributed by atoms with Crippen molar-refractivity contribution in [2.75, 3.05) is 6.54 Å². The highest BCUT2D eigenvalue weighted by Gasteiger charge is 2.26. The molecule has 1 atom stereocenters. The number of hydrogen-bond donors (Lipinski definition) is 0. The van der Waals surface area contributed by atoms with E-state index in [9.17, 15) is 14.0 Å². The summed E-state index contributed by atoms with van der Waals surface area (Å²) in [5, 5.41) is 2.03. The van der Waals surface area contributed by atoms with Crippen LogP contribution in [0.25, 0.3) is 0 Å². The third-order valence-corrected chi connectivity index (χ3v) is 7.94. The number of rotatable bonds is 11. The van der Waals surface area contributed by atoms with Gasteiger partial charge < -0.3 is 9.80 Å². The molecular formula is C27H37FN2O2S. The molecule has 2 amide bonds. The van der Waals surface area contributed by atoms with E-state index in [-0.39, 0.29) is 30.2 Å². The number of amides is 2. The molecule has 1 unspecified atom stereocenters. The van der Waals surface area contributed by atoms with Gasteiger partial charge in [-0.25, -0.2) is 4.39 Å². The topological polar surface area (TPSA) is 40.6 Å². The quantitative estimate of drug-likeness (QED) is 0.384. The zero-order valence-electron chi connectivity index (χ0n) is 20.2. The van der Waals surface area contributed by atoms with Gasteiger partial charge in [-0.3, -0.25) is 9.59 Å². The molecule has 3 rings (SSSR count). The fraction of sp³-hybridized carbons (Fsp3) is 0.556. The van der Waals surface area contributed by atoms with Gasteiger partial charge in [0.1, 0.15) is 12.4 Å². The predicted octanol–water partition coefficient (Wildman–Crippen LogP) is 6.32. The van der Waals surface area contributed by atoms with Crippen molar-refractivity contribution in [1.29, 1.82) is 0 Å². The van der Waals surface area contributed by atoms with Gasteiger partial charge in [-0.05, 0) is 67.3 Å². The molecule has 0 radical (unpaired) electrons. The predicted molar refractivity (Wildman–Crippen MR) is 132 cm³/mol. The molecule has 0 N–H and O–H groups in total. The van der Waals surface area contributed by atoms with Gasteiger partial charge in [0.25, 0.3) is 0 Å². The van der Waals surface area contributed by atoms with Crippen molar-refractivity contribution in [3.63, 3.8) is 0 Å². The number of carbonyl (C=O) groups is 2. The molecule has 0 bridgehead atoms. The van der Waals surface area contributed by atoms with Gasteiger partial charge in [0.2, 0.25) is 11.8 Å². The normalized spacial score (nSPS) is 14.9. The summed E-state index contributed by atoms with van der Waals surface area (Å²) in [5.74, 6) is 0.377. The Balaban J connectivity index is 1.72. The molecule has 1 aliphatic rings. The lowest BCUT2D eigenvalue weighted by Gasteiger charge is -2.31. The van der Waals surface area contributed by atoms with Crippen molar-refractivity contribution < 1.29 is 14.0 Å². The van der Waals surface area contributed by atoms with Gasteiger partial charge in [-0.15, -0.1) is 11.3 Å². The fourth-order valence-electron chi connectivity index (χ4n) is 4.51. The van der Waals surface area contributed by atoms with Crippen LogP contribution in [0.2, 0.25) is 0 Å². The van der Waals surface area contributed by atoms with Crippen molar-refractivity contribution in [2.24, 2.45) is 5.92 Å². The molecule has 1 fully saturated rings. The Bertz CT molecular complexity index is 905. The molecule has 33 heavy (non-hydrogen) atoms. The molecule has 2 aromatic rings. The highest BCUT2D eigenvalue weighted by molar-refractivity contribution is 7.10. The van der Waals surface area contributed by atoms with E-state index in [1.165, 1.54) is 37.8 Å². The fourth-order valence-corrected chi connectivity index (χ4v) is 5.43. The molecule has 1 aliphatic carbocycles. The summed E-state index contributed by atoms with van der Waals surface area (Å²) in [6.07, 6.45) is 7.24. The standard InChI is InChI=1S/C27H37FN2O2S/c1-4-21(3)30(26(31)14-11-22-7-5-6-8-22)19-27(32)29(18-25-20(2)15-16-33-25)17-23-9-12-24(28)13-10-23/h9-10,12-13,15-16,21-22H,4-8,11,14,17-19H2,1-3H3. The van der Waals surface area contributed by atoms with Gasteiger partial charge >= 0.3 is 0 Å². The monoisotopic (exact) mass is 472 g/mol. The Hall–Kier alpha value is -2.21. The summed E-state index contributed by atoms with van der Waals surface area (Å²) in [5.41, 5.74) is 2.03. The molecule has 0 saturated heterocycles. The van der Waals surface area contributed by atoms with E-state index in [4.69, 9.17) is 0 Å². The molecule has 1 heterocycles. The average molecular weight is 473 g/mol. The number of aryl methyl sites for hydroxylation is 1. The zero-order chi connectivity index (χ0) is 23.8. The van der Waals surface area contributed by atoms with Crippen LogP contribution in [-0.4, -0.2) is 34.2 Å². The van der Waals surface area contributed by atoms with Gasteiger partial charge in [0.15, 0.2) is 0 Å². The lowest BCUT2D eigenvalue weighted by molar-refractivity contribution is -0.143. The minimum Gasteiger partial charge on any atom is -0.332 e. The van der Waals surface area contributed by atoms with E-state index in [0.717, 1.165) is 28.8 Å². The summed E-state index contributed by atoms with van der Waals surface area (Å²) in [6.45, 7) is 7.09. The number of thiophene rings is 1. The number of halogens is 1. The Morgan fingerprint density at radius 1 is 1.09 bits per heavy atom. The first-order valence-corrected chi connectivity index (χ1v) is 13.1. The molecule has 1 saturated carbocycles. The van der Waals surface area contributed by atoms with Crippen LogP contribution >= 0.6 is 11.3 Å². The Labute approximate surface area is 201 Å². The van der Waals surface area contributed by atoms with Crippen LogP contribution in [0.1, 0.15) is 74.8 Å². The Morgan fingerprint density at radius 2 is 1.79 bits per heavy atom. The van der Waals surface area contributed by atoms with Crippen LogP contribution in [0.15, 0.2) is 35.7 Å². The summed E-state index contributed by atoms with van der Waals surface area (Å²) >= 11 is 1.63. The van der Waals surface area contributed by atoms with E-state index in [0.29, 0.717) is 25.4 Å². The van der Waals surface area contributed by atoms with E-state index in [1.807, 2.05) is 19.2 Å². The Morgan fingerprint density at radius 3 is 2.39 bits per heavy atom. The zero-order valence-corrected chi connectivity index (χ0v) is 21.0. The van der Waals surface area contributed by atoms with Crippen LogP contribution in [0, 0.1) is 18.7 Å². The highest BCUT2D eigenvalue weighted by Crippen LogP contribution is 2.29. The lowest BCUT2D eigenvalue weighted by atomic mass is 10.0. The number of nitrogens with zero attached hydrogens (tertiary/aromatic N) is 2. The number of hydrogen-bond acceptors (Lipinski definition) is 3. The molecule has 0 spiro atoms. The minimum atomic E-state index is -0.290. The number of benzene rings is 1. The van der Waals surface area contributed by atoms with Gasteiger partial charge in [-0.2, -0.15) is 0 Å². The largest absolute Gasteiger partial charge is 0.332 e. The first-order valence-electron chi connectivity index (χ1n) is 12.2. The van der Waals surface area contributed by atoms with Crippen LogP contribution in [-0.2, 0) is 22.7 Å². The van der Waals surface area contributed by atoms with E-state index in [2.05, 4.69) is 13.0 Å². The molecule has 6 heteroatoms. The first-order chi connectivity index (χ1) is 15.9. The van der Waals surface area contributed by atoms with Crippen LogP contribution in [0.3, 0.4) is 0 Å². The second-order valence-electron chi connectivity index (χ2n) is 9.37. The molecule has 1 aromatic carbocycles. The van der Waals surface area contributed by atoms with E-state index in [1.54, 1.807) is 33.3 Å². The third-order valence-electron chi connectivity index (χ3n) is 6.93. The van der Waals surface area contributed by atoms with Gasteiger partial charge in [0.05, 0.1) is 6.54 Å². The SMILES string of the molecule is CCC(C)N(CC(=O)N(Cc1ccc(F)cc1)Cc1sccc1C)C(=O)CCC1CCCC1. The lowest BCUT2D eigenvalue weighted by Crippen LogP contribution is -2.46. The third kappa shape index (κ3) is 7.39. The summed E-state index contributed by atoms with van der Waals surface area (Å²) in [7, 11) is 0. The molecule has 0 aliphatic heterocycles. The summed E-state index contributed by atoms with van der Waals surface area (Å²) < 4.78 is 13.4. The number of carbonyl (C=O) groups excluding carboxylic acids is 2. The molecular weight excluding hydrogens is 435 g/mol. The van der Waals surface area contributed by atoms with Crippen molar-refractivity contribution in [3.05, 3.63) is 57.5 Å². The van der Waals surface area contributed by atoms with E-state index < -0.39 is 0 Å². The molecule has 1 aromatic heterocycles. The Kier molecular flexibility index (Phi) is 9.48. The van der Waals surface area contributed by atoms with Crippen molar-refractivity contribution >= 4 is 23.2 Å². The molecule has 180 valence electrons. The maximum atomic E-state index is 13.5. The maximum Gasteiger partial charge on any atom is 0.242 e. The van der Waals surface area contributed by atoms with Crippen LogP contribution in [0.4, 0.5) is 4.39 Å². The minimum absolute atomic E-state index is 0.0150.